The molecule has 0 saturated carbocycles. The molecule has 1 rings (SSSR count). The van der Waals surface area contributed by atoms with Crippen LogP contribution in [-0.4, -0.2) is 18.8 Å². The minimum atomic E-state index is -0.679. The number of carbonyl (C=O) groups excluding carboxylic acids is 1. The number of nitrogens with two attached hydrogens (primary N) is 1. The van der Waals surface area contributed by atoms with E-state index >= 15 is 0 Å². The summed E-state index contributed by atoms with van der Waals surface area (Å²) in [5, 5.41) is 0. The Morgan fingerprint density at radius 1 is 1.31 bits per heavy atom. The second-order valence-corrected chi connectivity index (χ2v) is 3.70. The topological polar surface area (TPSA) is 61.5 Å². The zero-order chi connectivity index (χ0) is 12.0. The lowest BCUT2D eigenvalue weighted by atomic mass is 10.1. The highest BCUT2D eigenvalue weighted by molar-refractivity contribution is 5.63. The molecule has 0 atom stereocenters. The van der Waals surface area contributed by atoms with E-state index in [2.05, 4.69) is 0 Å². The maximum absolute atomic E-state index is 11.2. The molecule has 0 bridgehead atoms. The Bertz CT molecular complexity index is 333. The van der Waals surface area contributed by atoms with Crippen LogP contribution in [0, 0.1) is 0 Å². The van der Waals surface area contributed by atoms with Crippen molar-refractivity contribution in [3.63, 3.8) is 0 Å². The number of ether oxygens (including phenoxy) is 2. The monoisotopic (exact) mass is 223 g/mol. The van der Waals surface area contributed by atoms with Gasteiger partial charge in [0.1, 0.15) is 5.75 Å². The van der Waals surface area contributed by atoms with Crippen molar-refractivity contribution in [1.82, 2.24) is 0 Å². The van der Waals surface area contributed by atoms with E-state index in [9.17, 15) is 4.79 Å². The summed E-state index contributed by atoms with van der Waals surface area (Å²) in [6.07, 6.45) is -0.0397. The van der Waals surface area contributed by atoms with Gasteiger partial charge < -0.3 is 15.2 Å². The number of hydrogen-bond acceptors (Lipinski definition) is 4. The Labute approximate surface area is 95.3 Å². The Morgan fingerprint density at radius 3 is 2.44 bits per heavy atom. The van der Waals surface area contributed by atoms with Gasteiger partial charge in [0, 0.05) is 0 Å². The normalized spacial score (nSPS) is 10.2. The largest absolute Gasteiger partial charge is 0.514 e. The van der Waals surface area contributed by atoms with Crippen LogP contribution in [0.4, 0.5) is 4.79 Å². The van der Waals surface area contributed by atoms with Gasteiger partial charge in [-0.2, -0.15) is 0 Å². The average molecular weight is 223 g/mol. The van der Waals surface area contributed by atoms with Crippen LogP contribution in [-0.2, 0) is 11.2 Å². The van der Waals surface area contributed by atoms with Crippen molar-refractivity contribution in [3.8, 4) is 5.75 Å². The molecule has 0 aromatic heterocycles. The Balaban J connectivity index is 2.51. The van der Waals surface area contributed by atoms with Gasteiger partial charge in [0.2, 0.25) is 0 Å². The molecule has 4 nitrogen and oxygen atoms in total. The van der Waals surface area contributed by atoms with Crippen molar-refractivity contribution in [2.45, 2.75) is 26.4 Å². The van der Waals surface area contributed by atoms with Crippen LogP contribution in [0.2, 0.25) is 0 Å². The number of carbonyl (C=O) groups is 1. The van der Waals surface area contributed by atoms with E-state index in [-0.39, 0.29) is 6.10 Å². The molecule has 0 aliphatic carbocycles. The van der Waals surface area contributed by atoms with E-state index in [0.29, 0.717) is 12.3 Å². The summed E-state index contributed by atoms with van der Waals surface area (Å²) in [6, 6.07) is 7.22. The molecule has 4 heteroatoms. The van der Waals surface area contributed by atoms with Crippen LogP contribution >= 0.6 is 0 Å². The first kappa shape index (κ1) is 12.5. The molecule has 16 heavy (non-hydrogen) atoms. The van der Waals surface area contributed by atoms with Crippen molar-refractivity contribution in [3.05, 3.63) is 29.8 Å². The lowest BCUT2D eigenvalue weighted by Gasteiger charge is -2.08. The maximum Gasteiger partial charge on any atom is 0.514 e. The lowest BCUT2D eigenvalue weighted by Crippen LogP contribution is -2.15. The molecule has 2 N–H and O–H groups in total. The molecule has 0 radical (unpaired) electrons. The van der Waals surface area contributed by atoms with Crippen molar-refractivity contribution in [2.24, 2.45) is 5.73 Å². The molecule has 0 aliphatic rings. The first-order valence-electron chi connectivity index (χ1n) is 5.29. The van der Waals surface area contributed by atoms with Gasteiger partial charge in [0.25, 0.3) is 0 Å². The van der Waals surface area contributed by atoms with E-state index in [1.165, 1.54) is 0 Å². The summed E-state index contributed by atoms with van der Waals surface area (Å²) >= 11 is 0. The van der Waals surface area contributed by atoms with Crippen LogP contribution in [0.25, 0.3) is 0 Å². The van der Waals surface area contributed by atoms with Crippen molar-refractivity contribution >= 4 is 6.16 Å². The fourth-order valence-electron chi connectivity index (χ4n) is 1.20. The zero-order valence-electron chi connectivity index (χ0n) is 9.60. The molecule has 1 aromatic carbocycles. The van der Waals surface area contributed by atoms with Gasteiger partial charge in [0.15, 0.2) is 0 Å². The van der Waals surface area contributed by atoms with Crippen LogP contribution in [0.15, 0.2) is 24.3 Å². The molecule has 0 heterocycles. The van der Waals surface area contributed by atoms with E-state index in [0.717, 1.165) is 12.0 Å². The standard InChI is InChI=1S/C12H17NO3/c1-9(2)15-12(14)16-11-5-3-10(4-6-11)7-8-13/h3-6,9H,7-8,13H2,1-2H3. The van der Waals surface area contributed by atoms with Crippen molar-refractivity contribution < 1.29 is 14.3 Å². The molecule has 1 aromatic rings. The summed E-state index contributed by atoms with van der Waals surface area (Å²) in [6.45, 7) is 4.15. The van der Waals surface area contributed by atoms with E-state index in [4.69, 9.17) is 15.2 Å². The van der Waals surface area contributed by atoms with E-state index in [1.54, 1.807) is 26.0 Å². The van der Waals surface area contributed by atoms with Crippen LogP contribution in [0.3, 0.4) is 0 Å². The third kappa shape index (κ3) is 4.31. The summed E-state index contributed by atoms with van der Waals surface area (Å²) in [4.78, 5) is 11.2. The number of benzene rings is 1. The van der Waals surface area contributed by atoms with Crippen molar-refractivity contribution in [2.75, 3.05) is 6.54 Å². The summed E-state index contributed by atoms with van der Waals surface area (Å²) < 4.78 is 9.82. The first-order chi connectivity index (χ1) is 7.61. The van der Waals surface area contributed by atoms with Gasteiger partial charge in [-0.05, 0) is 44.5 Å². The molecule has 0 saturated heterocycles. The molecular formula is C12H17NO3. The molecule has 0 fully saturated rings. The summed E-state index contributed by atoms with van der Waals surface area (Å²) in [7, 11) is 0. The third-order valence-corrected chi connectivity index (χ3v) is 1.89. The highest BCUT2D eigenvalue weighted by atomic mass is 16.7. The molecular weight excluding hydrogens is 206 g/mol. The minimum absolute atomic E-state index is 0.177. The maximum atomic E-state index is 11.2. The van der Waals surface area contributed by atoms with Gasteiger partial charge in [-0.15, -0.1) is 0 Å². The highest BCUT2D eigenvalue weighted by Gasteiger charge is 2.07. The lowest BCUT2D eigenvalue weighted by molar-refractivity contribution is 0.0729. The Hall–Kier alpha value is -1.55. The van der Waals surface area contributed by atoms with E-state index < -0.39 is 6.16 Å². The van der Waals surface area contributed by atoms with Gasteiger partial charge in [-0.3, -0.25) is 0 Å². The number of hydrogen-bond donors (Lipinski definition) is 1. The fourth-order valence-corrected chi connectivity index (χ4v) is 1.20. The van der Waals surface area contributed by atoms with E-state index in [1.807, 2.05) is 12.1 Å². The SMILES string of the molecule is CC(C)OC(=O)Oc1ccc(CCN)cc1. The Morgan fingerprint density at radius 2 is 1.94 bits per heavy atom. The predicted octanol–water partition coefficient (Wildman–Crippen LogP) is 2.11. The molecule has 0 aliphatic heterocycles. The highest BCUT2D eigenvalue weighted by Crippen LogP contribution is 2.13. The molecule has 0 unspecified atom stereocenters. The predicted molar refractivity (Wildman–Crippen MR) is 61.4 cm³/mol. The van der Waals surface area contributed by atoms with Crippen LogP contribution in [0.5, 0.6) is 5.75 Å². The molecule has 88 valence electrons. The van der Waals surface area contributed by atoms with Gasteiger partial charge in [-0.1, -0.05) is 12.1 Å². The van der Waals surface area contributed by atoms with Gasteiger partial charge >= 0.3 is 6.16 Å². The zero-order valence-corrected chi connectivity index (χ0v) is 9.60. The van der Waals surface area contributed by atoms with Gasteiger partial charge in [0.05, 0.1) is 6.10 Å². The number of rotatable bonds is 4. The minimum Gasteiger partial charge on any atom is -0.431 e. The van der Waals surface area contributed by atoms with Gasteiger partial charge in [-0.25, -0.2) is 4.79 Å². The smallest absolute Gasteiger partial charge is 0.431 e. The molecule has 0 amide bonds. The van der Waals surface area contributed by atoms with Crippen molar-refractivity contribution in [1.29, 1.82) is 0 Å². The second-order valence-electron chi connectivity index (χ2n) is 3.70. The average Bonchev–Trinajstić information content (AvgIpc) is 2.20. The van der Waals surface area contributed by atoms with Crippen LogP contribution < -0.4 is 10.5 Å². The first-order valence-corrected chi connectivity index (χ1v) is 5.29. The fraction of sp³-hybridized carbons (Fsp3) is 0.417. The third-order valence-electron chi connectivity index (χ3n) is 1.89. The molecule has 0 spiro atoms. The van der Waals surface area contributed by atoms with Crippen LogP contribution in [0.1, 0.15) is 19.4 Å². The summed E-state index contributed by atoms with van der Waals surface area (Å²) in [5.41, 5.74) is 6.55. The Kier molecular flexibility index (Phi) is 4.79. The summed E-state index contributed by atoms with van der Waals surface area (Å²) in [5.74, 6) is 0.478. The second kappa shape index (κ2) is 6.12. The quantitative estimate of drug-likeness (QED) is 0.627.